The van der Waals surface area contributed by atoms with E-state index in [4.69, 9.17) is 4.74 Å². The highest BCUT2D eigenvalue weighted by Gasteiger charge is 2.21. The van der Waals surface area contributed by atoms with E-state index in [1.54, 1.807) is 0 Å². The smallest absolute Gasteiger partial charge is 0.156 e. The number of H-pyrrole nitrogens is 2. The van der Waals surface area contributed by atoms with Crippen molar-refractivity contribution >= 4 is 11.0 Å². The third-order valence-corrected chi connectivity index (χ3v) is 3.88. The first-order chi connectivity index (χ1) is 10.3. The first-order valence-corrected chi connectivity index (χ1v) is 7.22. The Bertz CT molecular complexity index is 769. The normalized spacial score (nSPS) is 18.6. The quantitative estimate of drug-likeness (QED) is 0.771. The van der Waals surface area contributed by atoms with Gasteiger partial charge in [0, 0.05) is 18.9 Å². The van der Waals surface area contributed by atoms with Crippen molar-refractivity contribution in [2.45, 2.75) is 25.7 Å². The fourth-order valence-corrected chi connectivity index (χ4v) is 2.80. The van der Waals surface area contributed by atoms with Crippen LogP contribution in [-0.4, -0.2) is 38.4 Å². The minimum absolute atomic E-state index is 0.340. The molecular formula is C15H17N5O. The van der Waals surface area contributed by atoms with E-state index in [0.717, 1.165) is 54.6 Å². The summed E-state index contributed by atoms with van der Waals surface area (Å²) in [6.07, 6.45) is 1.76. The molecule has 0 aliphatic carbocycles. The molecule has 6 nitrogen and oxygen atoms in total. The average molecular weight is 283 g/mol. The van der Waals surface area contributed by atoms with Crippen LogP contribution in [0.5, 0.6) is 0 Å². The van der Waals surface area contributed by atoms with Crippen molar-refractivity contribution in [3.05, 3.63) is 41.2 Å². The molecule has 0 bridgehead atoms. The number of hydrogen-bond donors (Lipinski definition) is 2. The molecule has 1 atom stereocenters. The summed E-state index contributed by atoms with van der Waals surface area (Å²) in [5.74, 6) is 3.05. The van der Waals surface area contributed by atoms with Gasteiger partial charge in [0.1, 0.15) is 11.6 Å². The number of benzene rings is 1. The number of fused-ring (bicyclic) bond motifs is 1. The maximum absolute atomic E-state index is 5.38. The summed E-state index contributed by atoms with van der Waals surface area (Å²) in [6.45, 7) is 3.51. The Labute approximate surface area is 122 Å². The Kier molecular flexibility index (Phi) is 2.96. The third-order valence-electron chi connectivity index (χ3n) is 3.88. The standard InChI is InChI=1S/C15H17N5O/c1-9-16-12-3-2-10(6-13(12)17-9)7-14-18-15(20-19-14)11-4-5-21-8-11/h2-3,6,11H,4-5,7-8H2,1H3,(H,16,17)(H,18,19,20)/t11-/m1/s1. The van der Waals surface area contributed by atoms with Crippen molar-refractivity contribution in [2.75, 3.05) is 13.2 Å². The maximum Gasteiger partial charge on any atom is 0.156 e. The zero-order valence-corrected chi connectivity index (χ0v) is 11.9. The van der Waals surface area contributed by atoms with E-state index in [1.165, 1.54) is 5.56 Å². The molecule has 1 fully saturated rings. The van der Waals surface area contributed by atoms with Crippen molar-refractivity contribution < 1.29 is 4.74 Å². The zero-order valence-electron chi connectivity index (χ0n) is 11.9. The van der Waals surface area contributed by atoms with E-state index >= 15 is 0 Å². The summed E-state index contributed by atoms with van der Waals surface area (Å²) in [7, 11) is 0. The molecule has 2 N–H and O–H groups in total. The Morgan fingerprint density at radius 3 is 3.14 bits per heavy atom. The molecule has 3 heterocycles. The molecular weight excluding hydrogens is 266 g/mol. The highest BCUT2D eigenvalue weighted by atomic mass is 16.5. The van der Waals surface area contributed by atoms with Crippen LogP contribution in [0.2, 0.25) is 0 Å². The van der Waals surface area contributed by atoms with E-state index in [2.05, 4.69) is 37.3 Å². The zero-order chi connectivity index (χ0) is 14.2. The van der Waals surface area contributed by atoms with E-state index in [-0.39, 0.29) is 0 Å². The minimum atomic E-state index is 0.340. The van der Waals surface area contributed by atoms with Gasteiger partial charge < -0.3 is 9.72 Å². The molecule has 0 amide bonds. The molecule has 4 rings (SSSR count). The van der Waals surface area contributed by atoms with Gasteiger partial charge in [-0.1, -0.05) is 6.07 Å². The third kappa shape index (κ3) is 2.42. The average Bonchev–Trinajstić information content (AvgIpc) is 3.16. The Morgan fingerprint density at radius 2 is 2.29 bits per heavy atom. The van der Waals surface area contributed by atoms with Crippen molar-refractivity contribution in [1.29, 1.82) is 0 Å². The molecule has 0 radical (unpaired) electrons. The van der Waals surface area contributed by atoms with Crippen LogP contribution in [0, 0.1) is 6.92 Å². The Balaban J connectivity index is 1.56. The summed E-state index contributed by atoms with van der Waals surface area (Å²) >= 11 is 0. The van der Waals surface area contributed by atoms with Gasteiger partial charge in [-0.3, -0.25) is 5.10 Å². The SMILES string of the molecule is Cc1nc2ccc(Cc3nc([C@@H]4CCOC4)n[nH]3)cc2[nH]1. The first-order valence-electron chi connectivity index (χ1n) is 7.22. The van der Waals surface area contributed by atoms with Crippen molar-refractivity contribution in [3.63, 3.8) is 0 Å². The summed E-state index contributed by atoms with van der Waals surface area (Å²) in [5, 5.41) is 7.37. The lowest BCUT2D eigenvalue weighted by atomic mass is 10.1. The van der Waals surface area contributed by atoms with Crippen LogP contribution in [-0.2, 0) is 11.2 Å². The molecule has 1 aliphatic rings. The molecule has 21 heavy (non-hydrogen) atoms. The van der Waals surface area contributed by atoms with Gasteiger partial charge >= 0.3 is 0 Å². The monoisotopic (exact) mass is 283 g/mol. The number of rotatable bonds is 3. The molecule has 3 aromatic rings. The Hall–Kier alpha value is -2.21. The second-order valence-corrected chi connectivity index (χ2v) is 5.55. The van der Waals surface area contributed by atoms with E-state index < -0.39 is 0 Å². The Morgan fingerprint density at radius 1 is 1.33 bits per heavy atom. The van der Waals surface area contributed by atoms with Gasteiger partial charge in [0.25, 0.3) is 0 Å². The molecule has 1 aromatic carbocycles. The number of imidazole rings is 1. The van der Waals surface area contributed by atoms with Gasteiger partial charge in [-0.2, -0.15) is 5.10 Å². The highest BCUT2D eigenvalue weighted by Crippen LogP contribution is 2.22. The van der Waals surface area contributed by atoms with Crippen LogP contribution in [0.15, 0.2) is 18.2 Å². The van der Waals surface area contributed by atoms with Crippen LogP contribution in [0.1, 0.15) is 35.4 Å². The molecule has 0 spiro atoms. The maximum atomic E-state index is 5.38. The fraction of sp³-hybridized carbons (Fsp3) is 0.400. The van der Waals surface area contributed by atoms with Crippen LogP contribution < -0.4 is 0 Å². The van der Waals surface area contributed by atoms with Crippen molar-refractivity contribution in [2.24, 2.45) is 0 Å². The number of nitrogens with zero attached hydrogens (tertiary/aromatic N) is 3. The van der Waals surface area contributed by atoms with Gasteiger partial charge in [0.15, 0.2) is 5.82 Å². The van der Waals surface area contributed by atoms with E-state index in [1.807, 2.05) is 13.0 Å². The number of hydrogen-bond acceptors (Lipinski definition) is 4. The van der Waals surface area contributed by atoms with Gasteiger partial charge in [0.2, 0.25) is 0 Å². The van der Waals surface area contributed by atoms with Gasteiger partial charge in [-0.05, 0) is 31.0 Å². The molecule has 108 valence electrons. The molecule has 6 heteroatoms. The molecule has 0 unspecified atom stereocenters. The first kappa shape index (κ1) is 12.5. The molecule has 1 aliphatic heterocycles. The van der Waals surface area contributed by atoms with Crippen LogP contribution in [0.25, 0.3) is 11.0 Å². The molecule has 1 saturated heterocycles. The van der Waals surface area contributed by atoms with E-state index in [9.17, 15) is 0 Å². The predicted octanol–water partition coefficient (Wildman–Crippen LogP) is 2.08. The lowest BCUT2D eigenvalue weighted by Crippen LogP contribution is -2.00. The molecule has 0 saturated carbocycles. The van der Waals surface area contributed by atoms with Crippen molar-refractivity contribution in [3.8, 4) is 0 Å². The highest BCUT2D eigenvalue weighted by molar-refractivity contribution is 5.75. The number of aromatic amines is 2. The number of aryl methyl sites for hydroxylation is 1. The summed E-state index contributed by atoms with van der Waals surface area (Å²) < 4.78 is 5.38. The van der Waals surface area contributed by atoms with Gasteiger partial charge in [-0.15, -0.1) is 0 Å². The summed E-state index contributed by atoms with van der Waals surface area (Å²) in [4.78, 5) is 12.3. The number of aromatic nitrogens is 5. The van der Waals surface area contributed by atoms with Crippen LogP contribution in [0.3, 0.4) is 0 Å². The second kappa shape index (κ2) is 4.96. The fourth-order valence-electron chi connectivity index (χ4n) is 2.80. The topological polar surface area (TPSA) is 79.5 Å². The predicted molar refractivity (Wildman–Crippen MR) is 78.2 cm³/mol. The molecule has 2 aromatic heterocycles. The van der Waals surface area contributed by atoms with Crippen LogP contribution >= 0.6 is 0 Å². The lowest BCUT2D eigenvalue weighted by Gasteiger charge is -2.00. The second-order valence-electron chi connectivity index (χ2n) is 5.55. The lowest BCUT2D eigenvalue weighted by molar-refractivity contribution is 0.193. The summed E-state index contributed by atoms with van der Waals surface area (Å²) in [6, 6.07) is 6.25. The number of nitrogens with one attached hydrogen (secondary N) is 2. The summed E-state index contributed by atoms with van der Waals surface area (Å²) in [5.41, 5.74) is 3.25. The number of ether oxygens (including phenoxy) is 1. The van der Waals surface area contributed by atoms with Gasteiger partial charge in [0.05, 0.1) is 17.6 Å². The van der Waals surface area contributed by atoms with Gasteiger partial charge in [-0.25, -0.2) is 9.97 Å². The van der Waals surface area contributed by atoms with E-state index in [0.29, 0.717) is 5.92 Å². The van der Waals surface area contributed by atoms with Crippen LogP contribution in [0.4, 0.5) is 0 Å². The largest absolute Gasteiger partial charge is 0.381 e. The van der Waals surface area contributed by atoms with Crippen molar-refractivity contribution in [1.82, 2.24) is 25.1 Å². The minimum Gasteiger partial charge on any atom is -0.381 e.